The highest BCUT2D eigenvalue weighted by Gasteiger charge is 2.17. The summed E-state index contributed by atoms with van der Waals surface area (Å²) in [6.07, 6.45) is 1.26. The summed E-state index contributed by atoms with van der Waals surface area (Å²) in [6.45, 7) is 1.31. The van der Waals surface area contributed by atoms with Gasteiger partial charge in [-0.05, 0) is 24.6 Å². The second-order valence-electron chi connectivity index (χ2n) is 4.56. The zero-order chi connectivity index (χ0) is 14.4. The predicted molar refractivity (Wildman–Crippen MR) is 71.8 cm³/mol. The molecule has 0 spiro atoms. The molecule has 0 bridgehead atoms. The zero-order valence-electron chi connectivity index (χ0n) is 10.6. The second kappa shape index (κ2) is 4.16. The van der Waals surface area contributed by atoms with Crippen molar-refractivity contribution in [2.24, 2.45) is 0 Å². The van der Waals surface area contributed by atoms with Crippen molar-refractivity contribution in [2.45, 2.75) is 13.5 Å². The summed E-state index contributed by atoms with van der Waals surface area (Å²) < 4.78 is 15.2. The number of carboxylic acid groups (broad SMARTS) is 1. The number of aromatic nitrogens is 3. The maximum Gasteiger partial charge on any atom is 0.323 e. The number of fused-ring (bicyclic) bond motifs is 3. The molecule has 0 saturated carbocycles. The van der Waals surface area contributed by atoms with E-state index in [9.17, 15) is 9.18 Å². The fourth-order valence-corrected chi connectivity index (χ4v) is 2.36. The number of nitrogens with two attached hydrogens (primary N) is 1. The summed E-state index contributed by atoms with van der Waals surface area (Å²) >= 11 is 0. The number of halogens is 1. The van der Waals surface area contributed by atoms with E-state index in [0.29, 0.717) is 27.5 Å². The van der Waals surface area contributed by atoms with Crippen molar-refractivity contribution >= 4 is 33.7 Å². The summed E-state index contributed by atoms with van der Waals surface area (Å²) in [5.74, 6) is -1.20. The van der Waals surface area contributed by atoms with Gasteiger partial charge < -0.3 is 15.4 Å². The Kier molecular flexibility index (Phi) is 2.56. The number of aliphatic carboxylic acids is 1. The Bertz CT molecular complexity index is 857. The molecular weight excluding hydrogens is 263 g/mol. The van der Waals surface area contributed by atoms with Crippen LogP contribution in [0.25, 0.3) is 21.9 Å². The molecule has 0 aliphatic rings. The third-order valence-corrected chi connectivity index (χ3v) is 3.24. The molecule has 3 N–H and O–H groups in total. The SMILES string of the molecule is Cc1cc2c3c(N)ncnc3n(CC(=O)O)c2cc1F. The zero-order valence-corrected chi connectivity index (χ0v) is 10.6. The number of nitrogens with zero attached hydrogens (tertiary/aromatic N) is 3. The number of nitrogen functional groups attached to an aromatic ring is 1. The van der Waals surface area contributed by atoms with Crippen LogP contribution in [0.4, 0.5) is 10.2 Å². The lowest BCUT2D eigenvalue weighted by atomic mass is 10.1. The highest BCUT2D eigenvalue weighted by Crippen LogP contribution is 2.32. The van der Waals surface area contributed by atoms with Crippen LogP contribution in [0.3, 0.4) is 0 Å². The first-order valence-electron chi connectivity index (χ1n) is 5.89. The lowest BCUT2D eigenvalue weighted by Gasteiger charge is -2.03. The molecule has 0 aliphatic carbocycles. The summed E-state index contributed by atoms with van der Waals surface area (Å²) in [5.41, 5.74) is 7.13. The van der Waals surface area contributed by atoms with Crippen LogP contribution in [0.5, 0.6) is 0 Å². The van der Waals surface area contributed by atoms with Crippen molar-refractivity contribution in [3.05, 3.63) is 29.8 Å². The van der Waals surface area contributed by atoms with Gasteiger partial charge in [0.05, 0.1) is 10.9 Å². The van der Waals surface area contributed by atoms with E-state index < -0.39 is 11.8 Å². The van der Waals surface area contributed by atoms with Gasteiger partial charge in [-0.1, -0.05) is 0 Å². The molecule has 1 aromatic carbocycles. The lowest BCUT2D eigenvalue weighted by Crippen LogP contribution is -2.09. The second-order valence-corrected chi connectivity index (χ2v) is 4.56. The summed E-state index contributed by atoms with van der Waals surface area (Å²) in [7, 11) is 0. The molecule has 20 heavy (non-hydrogen) atoms. The van der Waals surface area contributed by atoms with Gasteiger partial charge in [-0.15, -0.1) is 0 Å². The monoisotopic (exact) mass is 274 g/mol. The van der Waals surface area contributed by atoms with Crippen molar-refractivity contribution < 1.29 is 14.3 Å². The molecule has 0 amide bonds. The minimum Gasteiger partial charge on any atom is -0.480 e. The number of benzene rings is 1. The normalized spacial score (nSPS) is 11.3. The van der Waals surface area contributed by atoms with Gasteiger partial charge in [-0.25, -0.2) is 14.4 Å². The molecule has 102 valence electrons. The first-order valence-corrected chi connectivity index (χ1v) is 5.89. The smallest absolute Gasteiger partial charge is 0.323 e. The Balaban J connectivity index is 2.52. The Labute approximate surface area is 112 Å². The number of hydrogen-bond donors (Lipinski definition) is 2. The number of carbonyl (C=O) groups is 1. The number of anilines is 1. The van der Waals surface area contributed by atoms with Gasteiger partial charge in [0.15, 0.2) is 0 Å². The van der Waals surface area contributed by atoms with Crippen LogP contribution < -0.4 is 5.73 Å². The molecule has 0 saturated heterocycles. The molecule has 0 radical (unpaired) electrons. The van der Waals surface area contributed by atoms with E-state index in [1.54, 1.807) is 13.0 Å². The predicted octanol–water partition coefficient (Wildman–Crippen LogP) is 1.70. The third-order valence-electron chi connectivity index (χ3n) is 3.24. The number of rotatable bonds is 2. The molecule has 0 fully saturated rings. The number of carboxylic acids is 1. The van der Waals surface area contributed by atoms with Gasteiger partial charge in [0.1, 0.15) is 30.2 Å². The van der Waals surface area contributed by atoms with Crippen molar-refractivity contribution in [1.82, 2.24) is 14.5 Å². The van der Waals surface area contributed by atoms with E-state index in [0.717, 1.165) is 0 Å². The summed E-state index contributed by atoms with van der Waals surface area (Å²) in [6, 6.07) is 2.93. The molecule has 2 aromatic heterocycles. The molecule has 3 aromatic rings. The Hall–Kier alpha value is -2.70. The van der Waals surface area contributed by atoms with Crippen LogP contribution in [-0.4, -0.2) is 25.6 Å². The van der Waals surface area contributed by atoms with Gasteiger partial charge in [0.25, 0.3) is 0 Å². The average molecular weight is 274 g/mol. The Morgan fingerprint density at radius 3 is 2.90 bits per heavy atom. The van der Waals surface area contributed by atoms with Crippen molar-refractivity contribution in [2.75, 3.05) is 5.73 Å². The molecule has 6 nitrogen and oxygen atoms in total. The number of hydrogen-bond acceptors (Lipinski definition) is 4. The van der Waals surface area contributed by atoms with Crippen LogP contribution in [0.15, 0.2) is 18.5 Å². The average Bonchev–Trinajstić information content (AvgIpc) is 2.66. The standard InChI is InChI=1S/C13H11FN4O2/c1-6-2-7-9(3-8(6)14)18(4-10(19)20)13-11(7)12(15)16-5-17-13/h2-3,5H,4H2,1H3,(H,19,20)(H2,15,16,17). The molecular formula is C13H11FN4O2. The minimum atomic E-state index is -1.04. The van der Waals surface area contributed by atoms with Crippen LogP contribution in [0, 0.1) is 12.7 Å². The minimum absolute atomic E-state index is 0.246. The highest BCUT2D eigenvalue weighted by molar-refractivity contribution is 6.11. The van der Waals surface area contributed by atoms with Crippen molar-refractivity contribution in [3.8, 4) is 0 Å². The largest absolute Gasteiger partial charge is 0.480 e. The van der Waals surface area contributed by atoms with E-state index in [4.69, 9.17) is 10.8 Å². The Morgan fingerprint density at radius 1 is 1.45 bits per heavy atom. The fourth-order valence-electron chi connectivity index (χ4n) is 2.36. The summed E-state index contributed by atoms with van der Waals surface area (Å²) in [5, 5.41) is 10.2. The third kappa shape index (κ3) is 1.67. The molecule has 3 rings (SSSR count). The van der Waals surface area contributed by atoms with E-state index in [2.05, 4.69) is 9.97 Å². The van der Waals surface area contributed by atoms with Gasteiger partial charge in [0.2, 0.25) is 0 Å². The van der Waals surface area contributed by atoms with Gasteiger partial charge >= 0.3 is 5.97 Å². The van der Waals surface area contributed by atoms with E-state index in [1.165, 1.54) is 17.0 Å². The quantitative estimate of drug-likeness (QED) is 0.741. The van der Waals surface area contributed by atoms with Gasteiger partial charge in [-0.2, -0.15) is 0 Å². The number of aryl methyl sites for hydroxylation is 1. The first-order chi connectivity index (χ1) is 9.49. The van der Waals surface area contributed by atoms with Crippen molar-refractivity contribution in [1.29, 1.82) is 0 Å². The maximum absolute atomic E-state index is 13.8. The summed E-state index contributed by atoms with van der Waals surface area (Å²) in [4.78, 5) is 19.0. The lowest BCUT2D eigenvalue weighted by molar-refractivity contribution is -0.137. The Morgan fingerprint density at radius 2 is 2.20 bits per heavy atom. The molecule has 2 heterocycles. The highest BCUT2D eigenvalue weighted by atomic mass is 19.1. The van der Waals surface area contributed by atoms with Crippen molar-refractivity contribution in [3.63, 3.8) is 0 Å². The van der Waals surface area contributed by atoms with Gasteiger partial charge in [0, 0.05) is 5.39 Å². The van der Waals surface area contributed by atoms with Crippen LogP contribution in [0.2, 0.25) is 0 Å². The van der Waals surface area contributed by atoms with E-state index in [1.807, 2.05) is 0 Å². The van der Waals surface area contributed by atoms with E-state index >= 15 is 0 Å². The maximum atomic E-state index is 13.8. The van der Waals surface area contributed by atoms with Crippen LogP contribution in [0.1, 0.15) is 5.56 Å². The topological polar surface area (TPSA) is 94.0 Å². The fraction of sp³-hybridized carbons (Fsp3) is 0.154. The van der Waals surface area contributed by atoms with Gasteiger partial charge in [-0.3, -0.25) is 4.79 Å². The molecule has 0 aliphatic heterocycles. The van der Waals surface area contributed by atoms with Crippen LogP contribution >= 0.6 is 0 Å². The molecule has 7 heteroatoms. The molecule has 0 atom stereocenters. The molecule has 0 unspecified atom stereocenters. The first kappa shape index (κ1) is 12.3. The van der Waals surface area contributed by atoms with E-state index in [-0.39, 0.29) is 12.4 Å². The van der Waals surface area contributed by atoms with Crippen LogP contribution in [-0.2, 0) is 11.3 Å².